The fraction of sp³-hybridized carbons (Fsp3) is 0.467. The van der Waals surface area contributed by atoms with Crippen LogP contribution in [0.25, 0.3) is 0 Å². The predicted molar refractivity (Wildman–Crippen MR) is 68.0 cm³/mol. The summed E-state index contributed by atoms with van der Waals surface area (Å²) in [4.78, 5) is 0. The Morgan fingerprint density at radius 3 is 2.50 bits per heavy atom. The first-order valence-corrected chi connectivity index (χ1v) is 5.90. The number of unbranched alkanes of at least 4 members (excludes halogenated alkanes) is 1. The van der Waals surface area contributed by atoms with Crippen molar-refractivity contribution in [1.82, 2.24) is 0 Å². The van der Waals surface area contributed by atoms with Gasteiger partial charge in [-0.05, 0) is 24.3 Å². The lowest BCUT2D eigenvalue weighted by molar-refractivity contribution is 0.181. The first-order chi connectivity index (χ1) is 7.70. The summed E-state index contributed by atoms with van der Waals surface area (Å²) in [6, 6.07) is 10.4. The van der Waals surface area contributed by atoms with Gasteiger partial charge >= 0.3 is 0 Å². The van der Waals surface area contributed by atoms with Gasteiger partial charge in [0, 0.05) is 6.42 Å². The van der Waals surface area contributed by atoms with Crippen molar-refractivity contribution in [3.63, 3.8) is 0 Å². The fourth-order valence-electron chi connectivity index (χ4n) is 1.37. The van der Waals surface area contributed by atoms with E-state index in [4.69, 9.17) is 0 Å². The molecule has 16 heavy (non-hydrogen) atoms. The molecule has 1 rings (SSSR count). The summed E-state index contributed by atoms with van der Waals surface area (Å²) < 4.78 is 0. The average molecular weight is 216 g/mol. The Morgan fingerprint density at radius 1 is 1.19 bits per heavy atom. The van der Waals surface area contributed by atoms with Crippen LogP contribution in [0.3, 0.4) is 0 Å². The molecule has 0 heterocycles. The van der Waals surface area contributed by atoms with Gasteiger partial charge in [-0.15, -0.1) is 5.92 Å². The smallest absolute Gasteiger partial charge is 0.117 e. The largest absolute Gasteiger partial charge is 0.380 e. The quantitative estimate of drug-likeness (QED) is 0.606. The maximum absolute atomic E-state index is 9.47. The van der Waals surface area contributed by atoms with Crippen LogP contribution in [-0.2, 0) is 6.42 Å². The maximum Gasteiger partial charge on any atom is 0.117 e. The van der Waals surface area contributed by atoms with E-state index in [2.05, 4.69) is 36.1 Å². The first kappa shape index (κ1) is 12.8. The Labute approximate surface area is 98.5 Å². The summed E-state index contributed by atoms with van der Waals surface area (Å²) in [5.74, 6) is 6.13. The monoisotopic (exact) mass is 216 g/mol. The Bertz CT molecular complexity index is 343. The van der Waals surface area contributed by atoms with E-state index in [0.29, 0.717) is 0 Å². The van der Waals surface area contributed by atoms with Crippen molar-refractivity contribution in [1.29, 1.82) is 0 Å². The van der Waals surface area contributed by atoms with Crippen molar-refractivity contribution in [2.75, 3.05) is 0 Å². The van der Waals surface area contributed by atoms with Gasteiger partial charge in [0.15, 0.2) is 0 Å². The first-order valence-electron chi connectivity index (χ1n) is 5.90. The highest BCUT2D eigenvalue weighted by Crippen LogP contribution is 2.04. The Morgan fingerprint density at radius 2 is 1.88 bits per heavy atom. The standard InChI is InChI=1S/C15H20O/c1-13(2)15(16)12-8-4-7-11-14-9-5-3-6-10-14/h3,5-6,9-10,13,15-16H,4,7,11H2,1-2H3/t15-/m0/s1. The lowest BCUT2D eigenvalue weighted by Crippen LogP contribution is -2.11. The zero-order chi connectivity index (χ0) is 11.8. The van der Waals surface area contributed by atoms with Crippen molar-refractivity contribution < 1.29 is 5.11 Å². The molecule has 0 spiro atoms. The molecule has 0 fully saturated rings. The molecule has 1 N–H and O–H groups in total. The Kier molecular flexibility index (Phi) is 5.67. The molecule has 0 aliphatic heterocycles. The van der Waals surface area contributed by atoms with Gasteiger partial charge in [-0.25, -0.2) is 0 Å². The number of aliphatic hydroxyl groups excluding tert-OH is 1. The number of rotatable bonds is 4. The summed E-state index contributed by atoms with van der Waals surface area (Å²) in [7, 11) is 0. The molecule has 1 nitrogen and oxygen atoms in total. The molecule has 0 amide bonds. The van der Waals surface area contributed by atoms with Crippen LogP contribution in [0.2, 0.25) is 0 Å². The SMILES string of the molecule is CC(C)[C@@H](O)C#CCCCc1ccccc1. The molecular weight excluding hydrogens is 196 g/mol. The van der Waals surface area contributed by atoms with Gasteiger partial charge in [0.25, 0.3) is 0 Å². The zero-order valence-electron chi connectivity index (χ0n) is 10.1. The molecule has 1 atom stereocenters. The van der Waals surface area contributed by atoms with Gasteiger partial charge in [0.1, 0.15) is 6.10 Å². The number of hydrogen-bond donors (Lipinski definition) is 1. The summed E-state index contributed by atoms with van der Waals surface area (Å²) >= 11 is 0. The number of hydrogen-bond acceptors (Lipinski definition) is 1. The molecule has 0 bridgehead atoms. The lowest BCUT2D eigenvalue weighted by Gasteiger charge is -2.05. The molecule has 0 saturated carbocycles. The zero-order valence-corrected chi connectivity index (χ0v) is 10.1. The van der Waals surface area contributed by atoms with E-state index in [9.17, 15) is 5.11 Å². The molecule has 0 unspecified atom stereocenters. The van der Waals surface area contributed by atoms with E-state index in [1.54, 1.807) is 0 Å². The van der Waals surface area contributed by atoms with Gasteiger partial charge in [0.2, 0.25) is 0 Å². The summed E-state index contributed by atoms with van der Waals surface area (Å²) in [5, 5.41) is 9.47. The van der Waals surface area contributed by atoms with Crippen LogP contribution in [-0.4, -0.2) is 11.2 Å². The molecule has 0 aliphatic carbocycles. The van der Waals surface area contributed by atoms with Gasteiger partial charge in [-0.1, -0.05) is 50.1 Å². The molecule has 0 radical (unpaired) electrons. The number of aliphatic hydroxyl groups is 1. The van der Waals surface area contributed by atoms with Crippen molar-refractivity contribution in [3.05, 3.63) is 35.9 Å². The second kappa shape index (κ2) is 7.09. The van der Waals surface area contributed by atoms with Crippen molar-refractivity contribution >= 4 is 0 Å². The molecule has 86 valence electrons. The minimum absolute atomic E-state index is 0.224. The number of benzene rings is 1. The highest BCUT2D eigenvalue weighted by molar-refractivity contribution is 5.15. The van der Waals surface area contributed by atoms with E-state index in [0.717, 1.165) is 19.3 Å². The third-order valence-corrected chi connectivity index (χ3v) is 2.49. The summed E-state index contributed by atoms with van der Waals surface area (Å²) in [6.45, 7) is 3.95. The second-order valence-corrected chi connectivity index (χ2v) is 4.35. The molecule has 0 saturated heterocycles. The Balaban J connectivity index is 2.22. The predicted octanol–water partition coefficient (Wildman–Crippen LogP) is 3.03. The van der Waals surface area contributed by atoms with E-state index in [-0.39, 0.29) is 5.92 Å². The van der Waals surface area contributed by atoms with E-state index < -0.39 is 6.10 Å². The van der Waals surface area contributed by atoms with Crippen LogP contribution < -0.4 is 0 Å². The van der Waals surface area contributed by atoms with Gasteiger partial charge < -0.3 is 5.11 Å². The van der Waals surface area contributed by atoms with Gasteiger partial charge in [-0.2, -0.15) is 0 Å². The molecule has 1 aromatic carbocycles. The number of aryl methyl sites for hydroxylation is 1. The van der Waals surface area contributed by atoms with E-state index in [1.807, 2.05) is 19.9 Å². The van der Waals surface area contributed by atoms with Crippen LogP contribution in [0.1, 0.15) is 32.3 Å². The normalized spacial score (nSPS) is 12.0. The molecule has 1 heteroatoms. The highest BCUT2D eigenvalue weighted by Gasteiger charge is 2.02. The van der Waals surface area contributed by atoms with Crippen LogP contribution in [0.5, 0.6) is 0 Å². The van der Waals surface area contributed by atoms with Gasteiger partial charge in [0.05, 0.1) is 0 Å². The van der Waals surface area contributed by atoms with E-state index >= 15 is 0 Å². The maximum atomic E-state index is 9.47. The Hall–Kier alpha value is -1.26. The van der Waals surface area contributed by atoms with Crippen LogP contribution in [0.15, 0.2) is 30.3 Å². The van der Waals surface area contributed by atoms with Crippen LogP contribution in [0.4, 0.5) is 0 Å². The molecular formula is C15H20O. The second-order valence-electron chi connectivity index (χ2n) is 4.35. The molecule has 0 aromatic heterocycles. The van der Waals surface area contributed by atoms with Crippen molar-refractivity contribution in [2.24, 2.45) is 5.92 Å². The third-order valence-electron chi connectivity index (χ3n) is 2.49. The summed E-state index contributed by atoms with van der Waals surface area (Å²) in [6.07, 6.45) is 2.50. The van der Waals surface area contributed by atoms with Crippen molar-refractivity contribution in [2.45, 2.75) is 39.2 Å². The van der Waals surface area contributed by atoms with Gasteiger partial charge in [-0.3, -0.25) is 0 Å². The molecule has 0 aliphatic rings. The third kappa shape index (κ3) is 5.00. The van der Waals surface area contributed by atoms with Crippen molar-refractivity contribution in [3.8, 4) is 11.8 Å². The summed E-state index contributed by atoms with van der Waals surface area (Å²) in [5.41, 5.74) is 1.36. The fourth-order valence-corrected chi connectivity index (χ4v) is 1.37. The van der Waals surface area contributed by atoms with Crippen LogP contribution in [0, 0.1) is 17.8 Å². The molecule has 1 aromatic rings. The van der Waals surface area contributed by atoms with E-state index in [1.165, 1.54) is 5.56 Å². The lowest BCUT2D eigenvalue weighted by atomic mass is 10.1. The highest BCUT2D eigenvalue weighted by atomic mass is 16.3. The van der Waals surface area contributed by atoms with Crippen LogP contribution >= 0.6 is 0 Å². The minimum Gasteiger partial charge on any atom is -0.380 e. The topological polar surface area (TPSA) is 20.2 Å². The average Bonchev–Trinajstić information content (AvgIpc) is 2.29. The minimum atomic E-state index is -0.475.